The van der Waals surface area contributed by atoms with Crippen molar-refractivity contribution in [3.05, 3.63) is 107 Å². The number of aromatic nitrogens is 2. The van der Waals surface area contributed by atoms with Crippen LogP contribution in [0.5, 0.6) is 0 Å². The Morgan fingerprint density at radius 1 is 0.727 bits per heavy atom. The van der Waals surface area contributed by atoms with E-state index in [1.807, 2.05) is 0 Å². The normalized spacial score (nSPS) is 13.6. The SMILES string of the molecule is CC(C)Cc1cc(-c2ccccc2[C]2C=C2c2ccccc2)ccc1-c1nnc(C(C)C)o1. The number of hydrogen-bond donors (Lipinski definition) is 0. The summed E-state index contributed by atoms with van der Waals surface area (Å²) in [6.45, 7) is 8.63. The third-order valence-electron chi connectivity index (χ3n) is 6.01. The van der Waals surface area contributed by atoms with Gasteiger partial charge in [0.2, 0.25) is 11.8 Å². The molecule has 33 heavy (non-hydrogen) atoms. The maximum atomic E-state index is 6.00. The van der Waals surface area contributed by atoms with Crippen molar-refractivity contribution in [2.24, 2.45) is 5.92 Å². The predicted octanol–water partition coefficient (Wildman–Crippen LogP) is 7.75. The molecule has 0 amide bonds. The summed E-state index contributed by atoms with van der Waals surface area (Å²) in [5, 5.41) is 8.60. The maximum Gasteiger partial charge on any atom is 0.248 e. The van der Waals surface area contributed by atoms with Crippen LogP contribution < -0.4 is 0 Å². The second-order valence-corrected chi connectivity index (χ2v) is 9.45. The van der Waals surface area contributed by atoms with E-state index in [4.69, 9.17) is 4.42 Å². The second kappa shape index (κ2) is 8.82. The van der Waals surface area contributed by atoms with Crippen molar-refractivity contribution in [1.29, 1.82) is 0 Å². The van der Waals surface area contributed by atoms with E-state index in [0.717, 1.165) is 12.0 Å². The van der Waals surface area contributed by atoms with Crippen LogP contribution in [-0.2, 0) is 6.42 Å². The summed E-state index contributed by atoms with van der Waals surface area (Å²) in [6, 6.07) is 25.9. The molecule has 0 unspecified atom stereocenters. The lowest BCUT2D eigenvalue weighted by Gasteiger charge is -2.14. The van der Waals surface area contributed by atoms with Gasteiger partial charge < -0.3 is 4.42 Å². The van der Waals surface area contributed by atoms with E-state index in [-0.39, 0.29) is 5.92 Å². The minimum atomic E-state index is 0.216. The molecule has 3 heteroatoms. The molecule has 0 aliphatic heterocycles. The van der Waals surface area contributed by atoms with Gasteiger partial charge in [0.1, 0.15) is 0 Å². The molecule has 0 saturated heterocycles. The summed E-state index contributed by atoms with van der Waals surface area (Å²) in [4.78, 5) is 0. The Balaban J connectivity index is 1.52. The van der Waals surface area contributed by atoms with E-state index in [2.05, 4.69) is 117 Å². The highest BCUT2D eigenvalue weighted by Crippen LogP contribution is 2.48. The molecule has 165 valence electrons. The second-order valence-electron chi connectivity index (χ2n) is 9.45. The van der Waals surface area contributed by atoms with Crippen LogP contribution in [0.25, 0.3) is 28.2 Å². The van der Waals surface area contributed by atoms with Gasteiger partial charge in [0.15, 0.2) is 0 Å². The van der Waals surface area contributed by atoms with Crippen LogP contribution in [-0.4, -0.2) is 10.2 Å². The zero-order valence-electron chi connectivity index (χ0n) is 19.7. The van der Waals surface area contributed by atoms with Crippen LogP contribution in [0.4, 0.5) is 0 Å². The largest absolute Gasteiger partial charge is 0.420 e. The average Bonchev–Trinajstić information content (AvgIpc) is 3.46. The lowest BCUT2D eigenvalue weighted by atomic mass is 9.90. The van der Waals surface area contributed by atoms with Gasteiger partial charge >= 0.3 is 0 Å². The fraction of sp³-hybridized carbons (Fsp3) is 0.233. The molecule has 3 aromatic carbocycles. The van der Waals surface area contributed by atoms with Gasteiger partial charge in [-0.2, -0.15) is 0 Å². The number of nitrogens with zero attached hydrogens (tertiary/aromatic N) is 2. The van der Waals surface area contributed by atoms with E-state index in [1.165, 1.54) is 39.3 Å². The molecule has 1 heterocycles. The average molecular weight is 434 g/mol. The van der Waals surface area contributed by atoms with Crippen molar-refractivity contribution in [3.8, 4) is 22.6 Å². The van der Waals surface area contributed by atoms with Gasteiger partial charge in [0.05, 0.1) is 5.92 Å². The predicted molar refractivity (Wildman–Crippen MR) is 135 cm³/mol. The molecule has 0 saturated carbocycles. The molecule has 1 radical (unpaired) electrons. The molecule has 1 aliphatic carbocycles. The molecule has 0 atom stereocenters. The summed E-state index contributed by atoms with van der Waals surface area (Å²) in [5.41, 5.74) is 8.62. The van der Waals surface area contributed by atoms with E-state index in [1.54, 1.807) is 0 Å². The van der Waals surface area contributed by atoms with Crippen LogP contribution in [0.2, 0.25) is 0 Å². The first kappa shape index (κ1) is 21.4. The highest BCUT2D eigenvalue weighted by atomic mass is 16.4. The van der Waals surface area contributed by atoms with Gasteiger partial charge in [0.25, 0.3) is 0 Å². The van der Waals surface area contributed by atoms with Crippen molar-refractivity contribution >= 4 is 5.57 Å². The summed E-state index contributed by atoms with van der Waals surface area (Å²) in [5.74, 6) is 3.35. The van der Waals surface area contributed by atoms with Gasteiger partial charge in [-0.15, -0.1) is 10.2 Å². The van der Waals surface area contributed by atoms with Crippen LogP contribution in [0.3, 0.4) is 0 Å². The van der Waals surface area contributed by atoms with Crippen LogP contribution in [0.15, 0.2) is 83.3 Å². The van der Waals surface area contributed by atoms with E-state index < -0.39 is 0 Å². The Morgan fingerprint density at radius 3 is 2.15 bits per heavy atom. The minimum Gasteiger partial charge on any atom is -0.420 e. The summed E-state index contributed by atoms with van der Waals surface area (Å²) in [6.07, 6.45) is 3.23. The Kier molecular flexibility index (Phi) is 5.72. The van der Waals surface area contributed by atoms with Gasteiger partial charge in [0, 0.05) is 11.5 Å². The topological polar surface area (TPSA) is 38.9 Å². The molecule has 1 aromatic heterocycles. The van der Waals surface area contributed by atoms with Gasteiger partial charge in [-0.3, -0.25) is 0 Å². The number of benzene rings is 3. The number of rotatable bonds is 7. The van der Waals surface area contributed by atoms with Gasteiger partial charge in [-0.1, -0.05) is 101 Å². The minimum absolute atomic E-state index is 0.216. The van der Waals surface area contributed by atoms with Crippen molar-refractivity contribution in [2.45, 2.75) is 40.0 Å². The standard InChI is InChI=1S/C30H29N2O/c1-19(2)16-23-17-22(14-15-25(23)30-32-31-29(33-30)20(3)4)24-12-8-9-13-26(24)28-18-27(28)21-10-6-5-7-11-21/h5-15,17-20H,16H2,1-4H3. The first-order valence-corrected chi connectivity index (χ1v) is 11.7. The van der Waals surface area contributed by atoms with Crippen molar-refractivity contribution in [1.82, 2.24) is 10.2 Å². The zero-order chi connectivity index (χ0) is 22.9. The first-order chi connectivity index (χ1) is 16.0. The lowest BCUT2D eigenvalue weighted by Crippen LogP contribution is -1.99. The van der Waals surface area contributed by atoms with Gasteiger partial charge in [-0.25, -0.2) is 0 Å². The van der Waals surface area contributed by atoms with E-state index in [9.17, 15) is 0 Å². The maximum absolute atomic E-state index is 6.00. The summed E-state index contributed by atoms with van der Waals surface area (Å²) in [7, 11) is 0. The van der Waals surface area contributed by atoms with Crippen LogP contribution in [0.1, 0.15) is 56.2 Å². The van der Waals surface area contributed by atoms with Crippen molar-refractivity contribution in [2.75, 3.05) is 0 Å². The van der Waals surface area contributed by atoms with Crippen molar-refractivity contribution < 1.29 is 4.42 Å². The van der Waals surface area contributed by atoms with Gasteiger partial charge in [-0.05, 0) is 51.8 Å². The Bertz CT molecular complexity index is 1300. The number of allylic oxidation sites excluding steroid dienone is 2. The third-order valence-corrected chi connectivity index (χ3v) is 6.01. The molecular weight excluding hydrogens is 404 g/mol. The molecule has 0 fully saturated rings. The molecule has 1 aliphatic rings. The highest BCUT2D eigenvalue weighted by molar-refractivity contribution is 6.00. The molecular formula is C30H29N2O. The van der Waals surface area contributed by atoms with Crippen LogP contribution >= 0.6 is 0 Å². The Morgan fingerprint density at radius 2 is 1.45 bits per heavy atom. The van der Waals surface area contributed by atoms with E-state index >= 15 is 0 Å². The quantitative estimate of drug-likeness (QED) is 0.299. The fourth-order valence-corrected chi connectivity index (χ4v) is 4.31. The monoisotopic (exact) mass is 433 g/mol. The molecule has 3 nitrogen and oxygen atoms in total. The highest BCUT2D eigenvalue weighted by Gasteiger charge is 2.30. The molecule has 4 aromatic rings. The zero-order valence-corrected chi connectivity index (χ0v) is 19.7. The molecule has 0 N–H and O–H groups in total. The molecule has 0 spiro atoms. The third kappa shape index (κ3) is 4.41. The summed E-state index contributed by atoms with van der Waals surface area (Å²) < 4.78 is 6.00. The molecule has 0 bridgehead atoms. The van der Waals surface area contributed by atoms with E-state index in [0.29, 0.717) is 17.7 Å². The number of hydrogen-bond acceptors (Lipinski definition) is 3. The molecule has 5 rings (SSSR count). The smallest absolute Gasteiger partial charge is 0.248 e. The fourth-order valence-electron chi connectivity index (χ4n) is 4.31. The van der Waals surface area contributed by atoms with Crippen LogP contribution in [0, 0.1) is 11.8 Å². The van der Waals surface area contributed by atoms with Crippen molar-refractivity contribution in [3.63, 3.8) is 0 Å². The lowest BCUT2D eigenvalue weighted by molar-refractivity contribution is 0.480. The first-order valence-electron chi connectivity index (χ1n) is 11.7. The Hall–Kier alpha value is -3.46. The Labute approximate surface area is 196 Å². The summed E-state index contributed by atoms with van der Waals surface area (Å²) >= 11 is 0.